The van der Waals surface area contributed by atoms with Crippen molar-refractivity contribution in [1.29, 1.82) is 0 Å². The van der Waals surface area contributed by atoms with Gasteiger partial charge in [-0.1, -0.05) is 91.0 Å². The zero-order valence-electron chi connectivity index (χ0n) is 25.7. The van der Waals surface area contributed by atoms with Gasteiger partial charge in [0.15, 0.2) is 0 Å². The van der Waals surface area contributed by atoms with Crippen molar-refractivity contribution in [3.8, 4) is 0 Å². The average molecular weight is 616 g/mol. The Morgan fingerprint density at radius 3 is 1.87 bits per heavy atom. The Labute approximate surface area is 264 Å². The molecule has 0 unspecified atom stereocenters. The third kappa shape index (κ3) is 8.34. The molecule has 6 atom stereocenters. The number of carbonyl (C=O) groups is 3. The third-order valence-corrected chi connectivity index (χ3v) is 8.16. The molecule has 2 heterocycles. The smallest absolute Gasteiger partial charge is 0.243 e. The standard InChI is InChI=1S/C35H41N3O7/c1-24(39)37-19-31(40)38-28(35(41)36-2)18-29-32(38)34(44-22-27-16-10-5-11-17-27)33(43-21-26-14-8-4-9-15-26)30(45-29)23-42-20-25-12-6-3-7-13-25/h3-17,28-30,32-34H,18-23H2,1-2H3,(H,36,41)(H,37,39)/t28-,29+,30+,32-,33+,34+/m0/s1. The molecule has 0 radical (unpaired) electrons. The Bertz CT molecular complexity index is 1390. The van der Waals surface area contributed by atoms with Crippen LogP contribution in [0.4, 0.5) is 0 Å². The van der Waals surface area contributed by atoms with E-state index in [2.05, 4.69) is 10.6 Å². The van der Waals surface area contributed by atoms with Gasteiger partial charge in [0.2, 0.25) is 17.7 Å². The average Bonchev–Trinajstić information content (AvgIpc) is 3.45. The Morgan fingerprint density at radius 2 is 1.33 bits per heavy atom. The van der Waals surface area contributed by atoms with Crippen molar-refractivity contribution < 1.29 is 33.3 Å². The highest BCUT2D eigenvalue weighted by atomic mass is 16.6. The normalized spacial score (nSPS) is 24.1. The summed E-state index contributed by atoms with van der Waals surface area (Å²) in [6.45, 7) is 2.24. The maximum Gasteiger partial charge on any atom is 0.243 e. The summed E-state index contributed by atoms with van der Waals surface area (Å²) in [4.78, 5) is 40.1. The van der Waals surface area contributed by atoms with Crippen LogP contribution in [0.3, 0.4) is 0 Å². The van der Waals surface area contributed by atoms with Gasteiger partial charge in [0.1, 0.15) is 24.4 Å². The van der Waals surface area contributed by atoms with E-state index in [9.17, 15) is 14.4 Å². The number of fused-ring (bicyclic) bond motifs is 1. The fraction of sp³-hybridized carbons (Fsp3) is 0.400. The van der Waals surface area contributed by atoms with E-state index in [1.54, 1.807) is 0 Å². The molecule has 2 N–H and O–H groups in total. The first kappa shape index (κ1) is 32.3. The van der Waals surface area contributed by atoms with E-state index in [4.69, 9.17) is 18.9 Å². The maximum atomic E-state index is 13.7. The molecule has 0 bridgehead atoms. The summed E-state index contributed by atoms with van der Waals surface area (Å²) in [6.07, 6.45) is -2.13. The molecule has 3 aromatic carbocycles. The van der Waals surface area contributed by atoms with Gasteiger partial charge in [0.05, 0.1) is 45.1 Å². The van der Waals surface area contributed by atoms with Crippen molar-refractivity contribution in [1.82, 2.24) is 15.5 Å². The predicted molar refractivity (Wildman–Crippen MR) is 167 cm³/mol. The van der Waals surface area contributed by atoms with Crippen LogP contribution >= 0.6 is 0 Å². The first-order valence-electron chi connectivity index (χ1n) is 15.3. The predicted octanol–water partition coefficient (Wildman–Crippen LogP) is 2.99. The van der Waals surface area contributed by atoms with Crippen molar-refractivity contribution in [2.24, 2.45) is 0 Å². The number of likely N-dealkylation sites (N-methyl/N-ethyl adjacent to an activating group) is 1. The molecule has 0 spiro atoms. The number of benzene rings is 3. The molecular formula is C35H41N3O7. The lowest BCUT2D eigenvalue weighted by Gasteiger charge is -2.46. The Balaban J connectivity index is 1.47. The van der Waals surface area contributed by atoms with Gasteiger partial charge in [-0.15, -0.1) is 0 Å². The number of carbonyl (C=O) groups excluding carboxylic acids is 3. The number of likely N-dealkylation sites (tertiary alicyclic amines) is 1. The number of hydrogen-bond donors (Lipinski definition) is 2. The second kappa shape index (κ2) is 15.8. The van der Waals surface area contributed by atoms with Crippen LogP contribution in [0.5, 0.6) is 0 Å². The van der Waals surface area contributed by atoms with Gasteiger partial charge >= 0.3 is 0 Å². The Hall–Kier alpha value is -4.09. The minimum Gasteiger partial charge on any atom is -0.374 e. The van der Waals surface area contributed by atoms with Crippen LogP contribution in [-0.4, -0.2) is 79.3 Å². The molecule has 2 aliphatic heterocycles. The fourth-order valence-corrected chi connectivity index (χ4v) is 6.04. The van der Waals surface area contributed by atoms with Crippen LogP contribution in [0.15, 0.2) is 91.0 Å². The molecule has 2 saturated heterocycles. The van der Waals surface area contributed by atoms with Gasteiger partial charge in [-0.25, -0.2) is 0 Å². The van der Waals surface area contributed by atoms with E-state index in [0.717, 1.165) is 16.7 Å². The molecule has 2 fully saturated rings. The third-order valence-electron chi connectivity index (χ3n) is 8.16. The molecule has 0 aliphatic carbocycles. The van der Waals surface area contributed by atoms with Crippen LogP contribution in [0.2, 0.25) is 0 Å². The van der Waals surface area contributed by atoms with Crippen LogP contribution < -0.4 is 10.6 Å². The number of nitrogens with one attached hydrogen (secondary N) is 2. The van der Waals surface area contributed by atoms with Gasteiger partial charge in [-0.05, 0) is 16.7 Å². The largest absolute Gasteiger partial charge is 0.374 e. The van der Waals surface area contributed by atoms with Crippen molar-refractivity contribution in [2.75, 3.05) is 20.2 Å². The summed E-state index contributed by atoms with van der Waals surface area (Å²) < 4.78 is 26.1. The minimum absolute atomic E-state index is 0.216. The van der Waals surface area contributed by atoms with Gasteiger partial charge < -0.3 is 34.5 Å². The van der Waals surface area contributed by atoms with Crippen LogP contribution in [0, 0.1) is 0 Å². The quantitative estimate of drug-likeness (QED) is 0.304. The van der Waals surface area contributed by atoms with Gasteiger partial charge in [0, 0.05) is 20.4 Å². The molecule has 45 heavy (non-hydrogen) atoms. The highest BCUT2D eigenvalue weighted by molar-refractivity contribution is 5.91. The van der Waals surface area contributed by atoms with Crippen LogP contribution in [-0.2, 0) is 53.2 Å². The van der Waals surface area contributed by atoms with E-state index in [0.29, 0.717) is 6.61 Å². The molecule has 3 aromatic rings. The fourth-order valence-electron chi connectivity index (χ4n) is 6.04. The highest BCUT2D eigenvalue weighted by Gasteiger charge is 2.58. The molecule has 238 valence electrons. The van der Waals surface area contributed by atoms with Crippen molar-refractivity contribution >= 4 is 17.7 Å². The number of nitrogens with zero attached hydrogens (tertiary/aromatic N) is 1. The number of hydrogen-bond acceptors (Lipinski definition) is 7. The summed E-state index contributed by atoms with van der Waals surface area (Å²) >= 11 is 0. The molecule has 10 nitrogen and oxygen atoms in total. The zero-order chi connectivity index (χ0) is 31.6. The lowest BCUT2D eigenvalue weighted by Crippen LogP contribution is -2.64. The highest BCUT2D eigenvalue weighted by Crippen LogP contribution is 2.39. The molecule has 2 aliphatic rings. The monoisotopic (exact) mass is 615 g/mol. The first-order valence-corrected chi connectivity index (χ1v) is 15.3. The van der Waals surface area contributed by atoms with Gasteiger partial charge in [0.25, 0.3) is 0 Å². The Kier molecular flexibility index (Phi) is 11.3. The van der Waals surface area contributed by atoms with E-state index in [1.165, 1.54) is 18.9 Å². The van der Waals surface area contributed by atoms with Crippen LogP contribution in [0.1, 0.15) is 30.0 Å². The van der Waals surface area contributed by atoms with E-state index in [-0.39, 0.29) is 44.6 Å². The lowest BCUT2D eigenvalue weighted by atomic mass is 9.92. The maximum absolute atomic E-state index is 13.7. The second-order valence-corrected chi connectivity index (χ2v) is 11.3. The van der Waals surface area contributed by atoms with E-state index in [1.807, 2.05) is 91.0 Å². The lowest BCUT2D eigenvalue weighted by molar-refractivity contribution is -0.235. The summed E-state index contributed by atoms with van der Waals surface area (Å²) in [5.41, 5.74) is 2.95. The molecule has 3 amide bonds. The first-order chi connectivity index (χ1) is 21.9. The summed E-state index contributed by atoms with van der Waals surface area (Å²) in [7, 11) is 1.54. The SMILES string of the molecule is CNC(=O)[C@@H]1C[C@H]2O[C@H](COCc3ccccc3)[C@@H](OCc3ccccc3)[C@H](OCc3ccccc3)[C@H]2N1C(=O)CNC(C)=O. The van der Waals surface area contributed by atoms with Gasteiger partial charge in [-0.3, -0.25) is 14.4 Å². The van der Waals surface area contributed by atoms with Crippen LogP contribution in [0.25, 0.3) is 0 Å². The minimum atomic E-state index is -0.812. The number of ether oxygens (including phenoxy) is 4. The zero-order valence-corrected chi connectivity index (χ0v) is 25.7. The number of rotatable bonds is 13. The summed E-state index contributed by atoms with van der Waals surface area (Å²) in [5, 5.41) is 5.27. The van der Waals surface area contributed by atoms with Crippen molar-refractivity contribution in [3.63, 3.8) is 0 Å². The van der Waals surface area contributed by atoms with Gasteiger partial charge in [-0.2, -0.15) is 0 Å². The molecule has 0 saturated carbocycles. The molecule has 5 rings (SSSR count). The van der Waals surface area contributed by atoms with E-state index < -0.39 is 42.4 Å². The summed E-state index contributed by atoms with van der Waals surface area (Å²) in [5.74, 6) is -1.06. The number of amides is 3. The summed E-state index contributed by atoms with van der Waals surface area (Å²) in [6, 6.07) is 28.0. The molecule has 10 heteroatoms. The molecular weight excluding hydrogens is 574 g/mol. The second-order valence-electron chi connectivity index (χ2n) is 11.3. The Morgan fingerprint density at radius 1 is 0.800 bits per heavy atom. The van der Waals surface area contributed by atoms with Crippen molar-refractivity contribution in [3.05, 3.63) is 108 Å². The van der Waals surface area contributed by atoms with E-state index >= 15 is 0 Å². The van der Waals surface area contributed by atoms with Crippen molar-refractivity contribution in [2.45, 2.75) is 69.7 Å². The molecule has 0 aromatic heterocycles. The topological polar surface area (TPSA) is 115 Å².